The van der Waals surface area contributed by atoms with Gasteiger partial charge in [0, 0.05) is 36.4 Å². The summed E-state index contributed by atoms with van der Waals surface area (Å²) in [5.41, 5.74) is 8.39. The van der Waals surface area contributed by atoms with E-state index in [-0.39, 0.29) is 18.7 Å². The summed E-state index contributed by atoms with van der Waals surface area (Å²) < 4.78 is 2.35. The molecule has 3 heterocycles. The van der Waals surface area contributed by atoms with E-state index < -0.39 is 0 Å². The van der Waals surface area contributed by atoms with Crippen LogP contribution < -0.4 is 5.32 Å². The topological polar surface area (TPSA) is 53.3 Å². The Hall–Kier alpha value is -2.70. The quantitative estimate of drug-likeness (QED) is 0.561. The Labute approximate surface area is 189 Å². The second kappa shape index (κ2) is 8.81. The van der Waals surface area contributed by atoms with Crippen LogP contribution in [0, 0.1) is 27.7 Å². The van der Waals surface area contributed by atoms with Gasteiger partial charge in [0.15, 0.2) is 5.11 Å². The maximum Gasteiger partial charge on any atom is 0.170 e. The molecule has 6 heteroatoms. The third-order valence-electron chi connectivity index (χ3n) is 6.36. The van der Waals surface area contributed by atoms with Gasteiger partial charge >= 0.3 is 0 Å². The van der Waals surface area contributed by atoms with Crippen molar-refractivity contribution < 1.29 is 5.11 Å². The normalized spacial score (nSPS) is 18.5. The van der Waals surface area contributed by atoms with Crippen LogP contribution in [0.5, 0.6) is 0 Å². The predicted octanol–water partition coefficient (Wildman–Crippen LogP) is 4.46. The highest BCUT2D eigenvalue weighted by Gasteiger charge is 2.41. The summed E-state index contributed by atoms with van der Waals surface area (Å²) in [6.07, 6.45) is 2.50. The van der Waals surface area contributed by atoms with Gasteiger partial charge in [-0.3, -0.25) is 4.98 Å². The van der Waals surface area contributed by atoms with Gasteiger partial charge in [-0.25, -0.2) is 0 Å². The van der Waals surface area contributed by atoms with Gasteiger partial charge in [0.2, 0.25) is 0 Å². The van der Waals surface area contributed by atoms with E-state index in [4.69, 9.17) is 12.2 Å². The number of hydrogen-bond donors (Lipinski definition) is 2. The minimum absolute atomic E-state index is 0.0130. The van der Waals surface area contributed by atoms with Crippen molar-refractivity contribution in [2.24, 2.45) is 0 Å². The summed E-state index contributed by atoms with van der Waals surface area (Å²) in [5.74, 6) is 0. The van der Waals surface area contributed by atoms with Crippen LogP contribution in [-0.4, -0.2) is 37.8 Å². The van der Waals surface area contributed by atoms with E-state index in [1.54, 1.807) is 0 Å². The summed E-state index contributed by atoms with van der Waals surface area (Å²) >= 11 is 5.72. The number of pyridine rings is 1. The second-order valence-corrected chi connectivity index (χ2v) is 8.66. The highest BCUT2D eigenvalue weighted by Crippen LogP contribution is 2.41. The first-order valence-electron chi connectivity index (χ1n) is 10.8. The van der Waals surface area contributed by atoms with Crippen LogP contribution >= 0.6 is 12.2 Å². The predicted molar refractivity (Wildman–Crippen MR) is 129 cm³/mol. The molecule has 162 valence electrons. The van der Waals surface area contributed by atoms with Crippen molar-refractivity contribution in [1.82, 2.24) is 19.8 Å². The fourth-order valence-corrected chi connectivity index (χ4v) is 4.99. The summed E-state index contributed by atoms with van der Waals surface area (Å²) in [7, 11) is 0. The highest BCUT2D eigenvalue weighted by molar-refractivity contribution is 7.80. The zero-order valence-electron chi connectivity index (χ0n) is 18.6. The van der Waals surface area contributed by atoms with E-state index >= 15 is 0 Å². The average Bonchev–Trinajstić information content (AvgIpc) is 3.24. The van der Waals surface area contributed by atoms with Crippen molar-refractivity contribution in [3.63, 3.8) is 0 Å². The fraction of sp³-hybridized carbons (Fsp3) is 0.360. The molecule has 1 aliphatic rings. The molecule has 5 nitrogen and oxygen atoms in total. The molecule has 0 radical (unpaired) electrons. The van der Waals surface area contributed by atoms with Crippen molar-refractivity contribution in [1.29, 1.82) is 0 Å². The SMILES string of the molecule is Cc1cccc(-n2c(C)cc([C@H]3[C@@H](c4ccccn4)NC(=S)N3CCCO)c2C)c1C. The first kappa shape index (κ1) is 21.5. The molecule has 2 aromatic heterocycles. The van der Waals surface area contributed by atoms with E-state index in [1.165, 1.54) is 33.8 Å². The van der Waals surface area contributed by atoms with Crippen LogP contribution in [-0.2, 0) is 0 Å². The van der Waals surface area contributed by atoms with Crippen LogP contribution in [0.4, 0.5) is 0 Å². The molecule has 1 aromatic carbocycles. The zero-order chi connectivity index (χ0) is 22.1. The van der Waals surface area contributed by atoms with Crippen LogP contribution in [0.2, 0.25) is 0 Å². The zero-order valence-corrected chi connectivity index (χ0v) is 19.4. The molecule has 2 atom stereocenters. The molecule has 31 heavy (non-hydrogen) atoms. The maximum atomic E-state index is 9.45. The Kier molecular flexibility index (Phi) is 6.12. The lowest BCUT2D eigenvalue weighted by Gasteiger charge is -2.28. The Morgan fingerprint density at radius 2 is 1.90 bits per heavy atom. The summed E-state index contributed by atoms with van der Waals surface area (Å²) in [6.45, 7) is 9.52. The van der Waals surface area contributed by atoms with Crippen LogP contribution in [0.3, 0.4) is 0 Å². The third-order valence-corrected chi connectivity index (χ3v) is 6.71. The number of aliphatic hydroxyl groups excluding tert-OH is 1. The minimum atomic E-state index is -0.0417. The summed E-state index contributed by atoms with van der Waals surface area (Å²) in [4.78, 5) is 6.83. The molecule has 1 fully saturated rings. The highest BCUT2D eigenvalue weighted by atomic mass is 32.1. The molecule has 0 aliphatic carbocycles. The fourth-order valence-electron chi connectivity index (χ4n) is 4.66. The van der Waals surface area contributed by atoms with Gasteiger partial charge in [-0.1, -0.05) is 18.2 Å². The van der Waals surface area contributed by atoms with Gasteiger partial charge in [-0.05, 0) is 87.3 Å². The van der Waals surface area contributed by atoms with Crippen LogP contribution in [0.1, 0.15) is 52.3 Å². The molecule has 2 N–H and O–H groups in total. The number of aryl methyl sites for hydroxylation is 2. The number of rotatable bonds is 6. The smallest absolute Gasteiger partial charge is 0.170 e. The van der Waals surface area contributed by atoms with Crippen molar-refractivity contribution in [2.75, 3.05) is 13.2 Å². The van der Waals surface area contributed by atoms with Gasteiger partial charge in [0.25, 0.3) is 0 Å². The lowest BCUT2D eigenvalue weighted by atomic mass is 9.96. The number of hydrogen-bond acceptors (Lipinski definition) is 3. The summed E-state index contributed by atoms with van der Waals surface area (Å²) in [6, 6.07) is 14.7. The van der Waals surface area contributed by atoms with E-state index in [0.717, 1.165) is 5.69 Å². The minimum Gasteiger partial charge on any atom is -0.396 e. The van der Waals surface area contributed by atoms with Crippen LogP contribution in [0.15, 0.2) is 48.7 Å². The number of aromatic nitrogens is 2. The summed E-state index contributed by atoms with van der Waals surface area (Å²) in [5, 5.41) is 13.7. The number of thiocarbonyl (C=S) groups is 1. The van der Waals surface area contributed by atoms with E-state index in [0.29, 0.717) is 18.1 Å². The molecule has 0 amide bonds. The molecule has 1 saturated heterocycles. The molecular formula is C25H30N4OS. The molecule has 0 unspecified atom stereocenters. The molecular weight excluding hydrogens is 404 g/mol. The van der Waals surface area contributed by atoms with Crippen molar-refractivity contribution in [2.45, 2.75) is 46.2 Å². The second-order valence-electron chi connectivity index (χ2n) is 8.28. The number of benzene rings is 1. The Morgan fingerprint density at radius 1 is 1.10 bits per heavy atom. The van der Waals surface area contributed by atoms with E-state index in [9.17, 15) is 5.11 Å². The number of aliphatic hydroxyl groups is 1. The first-order valence-corrected chi connectivity index (χ1v) is 11.2. The Morgan fingerprint density at radius 3 is 2.61 bits per heavy atom. The lowest BCUT2D eigenvalue weighted by Crippen LogP contribution is -2.31. The van der Waals surface area contributed by atoms with Crippen LogP contribution in [0.25, 0.3) is 5.69 Å². The van der Waals surface area contributed by atoms with Crippen molar-refractivity contribution >= 4 is 17.3 Å². The van der Waals surface area contributed by atoms with Gasteiger partial charge in [-0.2, -0.15) is 0 Å². The molecule has 4 rings (SSSR count). The number of nitrogens with zero attached hydrogens (tertiary/aromatic N) is 3. The van der Waals surface area contributed by atoms with E-state index in [1.807, 2.05) is 24.4 Å². The Bertz CT molecular complexity index is 1090. The standard InChI is InChI=1S/C25H30N4OS/c1-16-9-7-11-22(18(16)3)29-17(2)15-20(19(29)4)24-23(21-10-5-6-12-26-21)27-25(31)28(24)13-8-14-30/h5-7,9-12,15,23-24,30H,8,13-14H2,1-4H3,(H,27,31)/t23-,24+/m1/s1. The monoisotopic (exact) mass is 434 g/mol. The van der Waals surface area contributed by atoms with Crippen molar-refractivity contribution in [3.8, 4) is 5.69 Å². The van der Waals surface area contributed by atoms with Gasteiger partial charge in [-0.15, -0.1) is 0 Å². The average molecular weight is 435 g/mol. The molecule has 0 spiro atoms. The maximum absolute atomic E-state index is 9.45. The number of nitrogens with one attached hydrogen (secondary N) is 1. The van der Waals surface area contributed by atoms with Gasteiger partial charge in [0.1, 0.15) is 0 Å². The van der Waals surface area contributed by atoms with Gasteiger partial charge < -0.3 is 19.9 Å². The lowest BCUT2D eigenvalue weighted by molar-refractivity contribution is 0.247. The molecule has 0 saturated carbocycles. The third kappa shape index (κ3) is 3.86. The largest absolute Gasteiger partial charge is 0.396 e. The van der Waals surface area contributed by atoms with E-state index in [2.05, 4.69) is 71.7 Å². The van der Waals surface area contributed by atoms with Crippen molar-refractivity contribution in [3.05, 3.63) is 82.4 Å². The Balaban J connectivity index is 1.84. The molecule has 3 aromatic rings. The van der Waals surface area contributed by atoms with Gasteiger partial charge in [0.05, 0.1) is 17.8 Å². The first-order chi connectivity index (χ1) is 14.9. The molecule has 1 aliphatic heterocycles. The molecule has 0 bridgehead atoms.